The van der Waals surface area contributed by atoms with Crippen LogP contribution < -0.4 is 10.1 Å². The number of piperidine rings is 1. The molecule has 2 aromatic rings. The summed E-state index contributed by atoms with van der Waals surface area (Å²) in [5, 5.41) is 10.4. The van der Waals surface area contributed by atoms with Gasteiger partial charge >= 0.3 is 0 Å². The first-order valence-electron chi connectivity index (χ1n) is 9.27. The number of ether oxygens (including phenoxy) is 1. The fourth-order valence-corrected chi connectivity index (χ4v) is 3.28. The third-order valence-corrected chi connectivity index (χ3v) is 4.78. The number of aryl methyl sites for hydroxylation is 1. The lowest BCUT2D eigenvalue weighted by molar-refractivity contribution is 0.292. The number of para-hydroxylation sites is 1. The van der Waals surface area contributed by atoms with Crippen molar-refractivity contribution in [3.63, 3.8) is 0 Å². The largest absolute Gasteiger partial charge is 0.493 e. The molecule has 1 aromatic heterocycles. The van der Waals surface area contributed by atoms with E-state index >= 15 is 0 Å². The van der Waals surface area contributed by atoms with Crippen LogP contribution in [0.25, 0.3) is 0 Å². The third-order valence-electron chi connectivity index (χ3n) is 4.78. The Kier molecular flexibility index (Phi) is 8.83. The Morgan fingerprint density at radius 2 is 2.11 bits per heavy atom. The molecule has 1 saturated heterocycles. The Morgan fingerprint density at radius 1 is 1.33 bits per heavy atom. The molecule has 3 rings (SSSR count). The number of H-pyrrole nitrogens is 1. The molecule has 1 aromatic carbocycles. The standard InChI is InChI=1S/C19H28N6O.HI/c1-15-6-3-4-7-17(15)26-13-5-10-21-19(20-2)25-11-8-16(9-12-25)18-22-14-23-24-18;/h3-4,6-7,14,16H,5,8-13H2,1-2H3,(H,20,21)(H,22,23,24);1H. The van der Waals surface area contributed by atoms with Crippen molar-refractivity contribution in [1.82, 2.24) is 25.4 Å². The molecule has 2 N–H and O–H groups in total. The zero-order valence-corrected chi connectivity index (χ0v) is 18.3. The molecule has 0 atom stereocenters. The number of aromatic nitrogens is 3. The van der Waals surface area contributed by atoms with E-state index in [0.717, 1.165) is 56.4 Å². The molecule has 0 spiro atoms. The highest BCUT2D eigenvalue weighted by Crippen LogP contribution is 2.24. The summed E-state index contributed by atoms with van der Waals surface area (Å²) >= 11 is 0. The molecule has 0 aliphatic carbocycles. The van der Waals surface area contributed by atoms with E-state index < -0.39 is 0 Å². The molecule has 0 radical (unpaired) electrons. The summed E-state index contributed by atoms with van der Waals surface area (Å²) in [5.41, 5.74) is 1.17. The average molecular weight is 484 g/mol. The Labute approximate surface area is 178 Å². The van der Waals surface area contributed by atoms with Crippen molar-refractivity contribution in [1.29, 1.82) is 0 Å². The van der Waals surface area contributed by atoms with E-state index in [4.69, 9.17) is 4.74 Å². The van der Waals surface area contributed by atoms with Gasteiger partial charge in [0.05, 0.1) is 6.61 Å². The number of hydrogen-bond donors (Lipinski definition) is 2. The second kappa shape index (κ2) is 11.1. The summed E-state index contributed by atoms with van der Waals surface area (Å²) in [6.45, 7) is 5.57. The van der Waals surface area contributed by atoms with Gasteiger partial charge < -0.3 is 15.0 Å². The quantitative estimate of drug-likeness (QED) is 0.285. The van der Waals surface area contributed by atoms with Crippen molar-refractivity contribution in [2.75, 3.05) is 33.3 Å². The van der Waals surface area contributed by atoms with E-state index in [1.807, 2.05) is 25.2 Å². The molecule has 2 heterocycles. The maximum absolute atomic E-state index is 5.84. The minimum atomic E-state index is 0. The maximum atomic E-state index is 5.84. The number of aliphatic imine (C=N–C) groups is 1. The lowest BCUT2D eigenvalue weighted by Gasteiger charge is -2.33. The van der Waals surface area contributed by atoms with E-state index in [2.05, 4.69) is 43.4 Å². The Morgan fingerprint density at radius 3 is 2.78 bits per heavy atom. The molecule has 0 bridgehead atoms. The van der Waals surface area contributed by atoms with Gasteiger partial charge in [0.15, 0.2) is 5.96 Å². The molecule has 8 heteroatoms. The highest BCUT2D eigenvalue weighted by Gasteiger charge is 2.24. The molecule has 0 amide bonds. The number of halogens is 1. The second-order valence-corrected chi connectivity index (χ2v) is 6.57. The van der Waals surface area contributed by atoms with E-state index in [1.54, 1.807) is 6.33 Å². The van der Waals surface area contributed by atoms with Gasteiger partial charge in [-0.25, -0.2) is 4.98 Å². The lowest BCUT2D eigenvalue weighted by atomic mass is 9.96. The molecular formula is C19H29IN6O. The van der Waals surface area contributed by atoms with Crippen molar-refractivity contribution in [2.24, 2.45) is 4.99 Å². The fourth-order valence-electron chi connectivity index (χ4n) is 3.28. The minimum Gasteiger partial charge on any atom is -0.493 e. The zero-order chi connectivity index (χ0) is 18.2. The Bertz CT molecular complexity index is 698. The summed E-state index contributed by atoms with van der Waals surface area (Å²) in [5.74, 6) is 3.40. The molecule has 1 fully saturated rings. The number of nitrogens with one attached hydrogen (secondary N) is 2. The molecule has 0 unspecified atom stereocenters. The van der Waals surface area contributed by atoms with Crippen LogP contribution in [0.1, 0.15) is 36.6 Å². The first-order valence-corrected chi connectivity index (χ1v) is 9.27. The Balaban J connectivity index is 0.00000261. The number of aromatic amines is 1. The number of benzene rings is 1. The summed E-state index contributed by atoms with van der Waals surface area (Å²) in [6, 6.07) is 8.11. The van der Waals surface area contributed by atoms with Crippen molar-refractivity contribution >= 4 is 29.9 Å². The number of nitrogens with zero attached hydrogens (tertiary/aromatic N) is 4. The predicted molar refractivity (Wildman–Crippen MR) is 118 cm³/mol. The van der Waals surface area contributed by atoms with Crippen LogP contribution in [0, 0.1) is 6.92 Å². The molecule has 0 saturated carbocycles. The van der Waals surface area contributed by atoms with Crippen molar-refractivity contribution < 1.29 is 4.74 Å². The summed E-state index contributed by atoms with van der Waals surface area (Å²) in [6.07, 6.45) is 4.64. The highest BCUT2D eigenvalue weighted by molar-refractivity contribution is 14.0. The molecule has 27 heavy (non-hydrogen) atoms. The van der Waals surface area contributed by atoms with Gasteiger partial charge in [-0.2, -0.15) is 5.10 Å². The van der Waals surface area contributed by atoms with Gasteiger partial charge in [0.25, 0.3) is 0 Å². The van der Waals surface area contributed by atoms with Crippen LogP contribution in [0.3, 0.4) is 0 Å². The number of rotatable bonds is 6. The van der Waals surface area contributed by atoms with E-state index in [0.29, 0.717) is 12.5 Å². The normalized spacial score (nSPS) is 15.3. The van der Waals surface area contributed by atoms with Gasteiger partial charge in [-0.3, -0.25) is 10.1 Å². The van der Waals surface area contributed by atoms with E-state index in [9.17, 15) is 0 Å². The van der Waals surface area contributed by atoms with Gasteiger partial charge in [0.2, 0.25) is 0 Å². The van der Waals surface area contributed by atoms with E-state index in [1.165, 1.54) is 5.56 Å². The molecule has 1 aliphatic heterocycles. The number of hydrogen-bond acceptors (Lipinski definition) is 4. The van der Waals surface area contributed by atoms with Crippen LogP contribution in [-0.2, 0) is 0 Å². The molecule has 148 valence electrons. The van der Waals surface area contributed by atoms with Crippen LogP contribution in [0.15, 0.2) is 35.6 Å². The van der Waals surface area contributed by atoms with Crippen LogP contribution in [0.4, 0.5) is 0 Å². The average Bonchev–Trinajstić information content (AvgIpc) is 3.21. The smallest absolute Gasteiger partial charge is 0.193 e. The number of guanidine groups is 1. The number of likely N-dealkylation sites (tertiary alicyclic amines) is 1. The monoisotopic (exact) mass is 484 g/mol. The summed E-state index contributed by atoms with van der Waals surface area (Å²) < 4.78 is 5.84. The topological polar surface area (TPSA) is 78.4 Å². The van der Waals surface area contributed by atoms with Crippen molar-refractivity contribution in [3.05, 3.63) is 42.0 Å². The summed E-state index contributed by atoms with van der Waals surface area (Å²) in [7, 11) is 1.84. The second-order valence-electron chi connectivity index (χ2n) is 6.57. The van der Waals surface area contributed by atoms with Crippen molar-refractivity contribution in [3.8, 4) is 5.75 Å². The van der Waals surface area contributed by atoms with Crippen LogP contribution in [0.5, 0.6) is 5.75 Å². The van der Waals surface area contributed by atoms with Gasteiger partial charge in [-0.05, 0) is 37.8 Å². The first-order chi connectivity index (χ1) is 12.8. The van der Waals surface area contributed by atoms with Gasteiger partial charge in [-0.1, -0.05) is 18.2 Å². The highest BCUT2D eigenvalue weighted by atomic mass is 127. The van der Waals surface area contributed by atoms with E-state index in [-0.39, 0.29) is 24.0 Å². The maximum Gasteiger partial charge on any atom is 0.193 e. The van der Waals surface area contributed by atoms with Gasteiger partial charge in [-0.15, -0.1) is 24.0 Å². The van der Waals surface area contributed by atoms with Gasteiger partial charge in [0, 0.05) is 32.6 Å². The molecule has 1 aliphatic rings. The third kappa shape index (κ3) is 6.08. The van der Waals surface area contributed by atoms with Crippen LogP contribution in [0.2, 0.25) is 0 Å². The first kappa shape index (κ1) is 21.5. The predicted octanol–water partition coefficient (Wildman–Crippen LogP) is 2.96. The zero-order valence-electron chi connectivity index (χ0n) is 16.0. The van der Waals surface area contributed by atoms with Crippen LogP contribution >= 0.6 is 24.0 Å². The Hall–Kier alpha value is -1.84. The summed E-state index contributed by atoms with van der Waals surface area (Å²) in [4.78, 5) is 11.0. The van der Waals surface area contributed by atoms with Gasteiger partial charge in [0.1, 0.15) is 17.9 Å². The molecule has 7 nitrogen and oxygen atoms in total. The SMILES string of the molecule is CN=C(NCCCOc1ccccc1C)N1CCC(c2ncn[nH]2)CC1.I. The fraction of sp³-hybridized carbons (Fsp3) is 0.526. The lowest BCUT2D eigenvalue weighted by Crippen LogP contribution is -2.45. The van der Waals surface area contributed by atoms with Crippen molar-refractivity contribution in [2.45, 2.75) is 32.1 Å². The molecular weight excluding hydrogens is 455 g/mol. The minimum absolute atomic E-state index is 0. The van der Waals surface area contributed by atoms with Crippen LogP contribution in [-0.4, -0.2) is 59.3 Å².